The lowest BCUT2D eigenvalue weighted by atomic mass is 9.95. The van der Waals surface area contributed by atoms with Crippen LogP contribution in [0.1, 0.15) is 52.8 Å². The lowest BCUT2D eigenvalue weighted by Crippen LogP contribution is -2.36. The highest BCUT2D eigenvalue weighted by molar-refractivity contribution is 7.80. The van der Waals surface area contributed by atoms with E-state index in [-0.39, 0.29) is 23.7 Å². The zero-order valence-corrected chi connectivity index (χ0v) is 21.4. The number of hydrogen-bond donors (Lipinski definition) is 3. The monoisotopic (exact) mass is 517 g/mol. The molecule has 0 saturated heterocycles. The molecule has 1 aliphatic carbocycles. The Hall–Kier alpha value is -3.91. The van der Waals surface area contributed by atoms with Gasteiger partial charge in [0, 0.05) is 17.3 Å². The molecule has 1 fully saturated rings. The maximum absolute atomic E-state index is 12.9. The van der Waals surface area contributed by atoms with Crippen molar-refractivity contribution in [2.24, 2.45) is 0 Å². The smallest absolute Gasteiger partial charge is 0.261 e. The van der Waals surface area contributed by atoms with Gasteiger partial charge >= 0.3 is 0 Å². The van der Waals surface area contributed by atoms with Crippen LogP contribution in [-0.4, -0.2) is 36.2 Å². The molecule has 0 atom stereocenters. The minimum Gasteiger partial charge on any atom is -0.490 e. The number of carbonyl (C=O) groups is 2. The van der Waals surface area contributed by atoms with E-state index >= 15 is 0 Å². The third-order valence-corrected chi connectivity index (χ3v) is 6.24. The minimum atomic E-state index is -0.400. The average molecular weight is 518 g/mol. The van der Waals surface area contributed by atoms with Crippen LogP contribution in [0.15, 0.2) is 78.9 Å². The third kappa shape index (κ3) is 8.05. The zero-order chi connectivity index (χ0) is 25.9. The average Bonchev–Trinajstić information content (AvgIpc) is 2.92. The number of thiocarbonyl (C=S) groups is 1. The fourth-order valence-electron chi connectivity index (χ4n) is 4.19. The van der Waals surface area contributed by atoms with Crippen molar-refractivity contribution < 1.29 is 19.1 Å². The first-order valence-electron chi connectivity index (χ1n) is 12.5. The Morgan fingerprint density at radius 3 is 2.35 bits per heavy atom. The SMILES string of the molecule is O=C(NC1CCCCC1)c1cccc(NC(=S)NC(=O)c2ccccc2OCCOc2ccccc2)c1. The number of ether oxygens (including phenoxy) is 2. The van der Waals surface area contributed by atoms with Crippen LogP contribution in [0.2, 0.25) is 0 Å². The van der Waals surface area contributed by atoms with E-state index in [4.69, 9.17) is 21.7 Å². The summed E-state index contributed by atoms with van der Waals surface area (Å²) >= 11 is 5.35. The Morgan fingerprint density at radius 2 is 1.54 bits per heavy atom. The van der Waals surface area contributed by atoms with E-state index < -0.39 is 5.91 Å². The van der Waals surface area contributed by atoms with E-state index in [1.54, 1.807) is 48.5 Å². The molecule has 0 unspecified atom stereocenters. The number of benzene rings is 3. The second-order valence-electron chi connectivity index (χ2n) is 8.80. The first kappa shape index (κ1) is 26.2. The maximum Gasteiger partial charge on any atom is 0.261 e. The van der Waals surface area contributed by atoms with Gasteiger partial charge in [-0.1, -0.05) is 55.7 Å². The van der Waals surface area contributed by atoms with Gasteiger partial charge < -0.3 is 20.1 Å². The van der Waals surface area contributed by atoms with Crippen molar-refractivity contribution in [1.29, 1.82) is 0 Å². The van der Waals surface area contributed by atoms with Crippen molar-refractivity contribution in [2.75, 3.05) is 18.5 Å². The molecule has 7 nitrogen and oxygen atoms in total. The molecule has 3 aromatic rings. The number of rotatable bonds is 9. The Labute approximate surface area is 222 Å². The number of anilines is 1. The first-order valence-corrected chi connectivity index (χ1v) is 12.9. The molecular weight excluding hydrogens is 486 g/mol. The summed E-state index contributed by atoms with van der Waals surface area (Å²) in [6.45, 7) is 0.613. The summed E-state index contributed by atoms with van der Waals surface area (Å²) in [7, 11) is 0. The molecular formula is C29H31N3O4S. The predicted octanol–water partition coefficient (Wildman–Crippen LogP) is 5.33. The number of carbonyl (C=O) groups excluding carboxylic acids is 2. The van der Waals surface area contributed by atoms with Gasteiger partial charge in [-0.2, -0.15) is 0 Å². The number of amides is 2. The summed E-state index contributed by atoms with van der Waals surface area (Å²) in [5.41, 5.74) is 1.51. The van der Waals surface area contributed by atoms with E-state index in [0.29, 0.717) is 29.2 Å². The van der Waals surface area contributed by atoms with Crippen molar-refractivity contribution in [1.82, 2.24) is 10.6 Å². The summed E-state index contributed by atoms with van der Waals surface area (Å²) in [5, 5.41) is 8.91. The summed E-state index contributed by atoms with van der Waals surface area (Å²) < 4.78 is 11.4. The molecule has 0 spiro atoms. The summed E-state index contributed by atoms with van der Waals surface area (Å²) in [6.07, 6.45) is 5.57. The van der Waals surface area contributed by atoms with Crippen molar-refractivity contribution in [3.05, 3.63) is 90.0 Å². The highest BCUT2D eigenvalue weighted by Gasteiger charge is 2.17. The Kier molecular flexibility index (Phi) is 9.48. The van der Waals surface area contributed by atoms with E-state index in [9.17, 15) is 9.59 Å². The van der Waals surface area contributed by atoms with Crippen LogP contribution < -0.4 is 25.4 Å². The lowest BCUT2D eigenvalue weighted by Gasteiger charge is -2.22. The fourth-order valence-corrected chi connectivity index (χ4v) is 4.41. The summed E-state index contributed by atoms with van der Waals surface area (Å²) in [5.74, 6) is 0.682. The van der Waals surface area contributed by atoms with Crippen molar-refractivity contribution in [3.8, 4) is 11.5 Å². The summed E-state index contributed by atoms with van der Waals surface area (Å²) in [6, 6.07) is 23.7. The van der Waals surface area contributed by atoms with E-state index in [0.717, 1.165) is 31.4 Å². The van der Waals surface area contributed by atoms with Crippen LogP contribution in [0.5, 0.6) is 11.5 Å². The highest BCUT2D eigenvalue weighted by atomic mass is 32.1. The molecule has 1 saturated carbocycles. The number of para-hydroxylation sites is 2. The fraction of sp³-hybridized carbons (Fsp3) is 0.276. The molecule has 192 valence electrons. The van der Waals surface area contributed by atoms with E-state index in [1.165, 1.54) is 6.42 Å². The lowest BCUT2D eigenvalue weighted by molar-refractivity contribution is 0.0926. The van der Waals surface area contributed by atoms with Gasteiger partial charge in [0.1, 0.15) is 24.7 Å². The molecule has 2 amide bonds. The molecule has 0 heterocycles. The van der Waals surface area contributed by atoms with Gasteiger partial charge in [-0.15, -0.1) is 0 Å². The van der Waals surface area contributed by atoms with Gasteiger partial charge in [-0.05, 0) is 67.5 Å². The molecule has 3 N–H and O–H groups in total. The molecule has 0 bridgehead atoms. The normalized spacial score (nSPS) is 13.3. The second kappa shape index (κ2) is 13.4. The Morgan fingerprint density at radius 1 is 0.811 bits per heavy atom. The van der Waals surface area contributed by atoms with Crippen LogP contribution in [0.4, 0.5) is 5.69 Å². The molecule has 8 heteroatoms. The molecule has 4 rings (SSSR count). The van der Waals surface area contributed by atoms with Crippen LogP contribution in [-0.2, 0) is 0 Å². The van der Waals surface area contributed by atoms with Gasteiger partial charge in [0.05, 0.1) is 5.56 Å². The van der Waals surface area contributed by atoms with Gasteiger partial charge in [-0.3, -0.25) is 14.9 Å². The zero-order valence-electron chi connectivity index (χ0n) is 20.6. The molecule has 1 aliphatic rings. The Bertz CT molecular complexity index is 1210. The van der Waals surface area contributed by atoms with Crippen LogP contribution in [0, 0.1) is 0 Å². The van der Waals surface area contributed by atoms with Gasteiger partial charge in [0.2, 0.25) is 0 Å². The molecule has 0 aliphatic heterocycles. The van der Waals surface area contributed by atoms with E-state index in [2.05, 4.69) is 16.0 Å². The molecule has 37 heavy (non-hydrogen) atoms. The predicted molar refractivity (Wildman–Crippen MR) is 148 cm³/mol. The molecule has 0 aromatic heterocycles. The van der Waals surface area contributed by atoms with E-state index in [1.807, 2.05) is 30.3 Å². The second-order valence-corrected chi connectivity index (χ2v) is 9.21. The topological polar surface area (TPSA) is 88.7 Å². The number of hydrogen-bond acceptors (Lipinski definition) is 5. The molecule has 0 radical (unpaired) electrons. The van der Waals surface area contributed by atoms with Gasteiger partial charge in [0.15, 0.2) is 5.11 Å². The van der Waals surface area contributed by atoms with Gasteiger partial charge in [-0.25, -0.2) is 0 Å². The Balaban J connectivity index is 1.29. The maximum atomic E-state index is 12.9. The quantitative estimate of drug-likeness (QED) is 0.263. The van der Waals surface area contributed by atoms with Crippen LogP contribution in [0.3, 0.4) is 0 Å². The molecule has 3 aromatic carbocycles. The standard InChI is InChI=1S/C29H31N3O4S/c33-27(30-22-11-3-1-4-12-22)21-10-9-13-23(20-21)31-29(37)32-28(34)25-16-7-8-17-26(25)36-19-18-35-24-14-5-2-6-15-24/h2,5-10,13-17,20,22H,1,3-4,11-12,18-19H2,(H,30,33)(H2,31,32,34,37). The van der Waals surface area contributed by atoms with Gasteiger partial charge in [0.25, 0.3) is 11.8 Å². The van der Waals surface area contributed by atoms with Crippen LogP contribution in [0.25, 0.3) is 0 Å². The minimum absolute atomic E-state index is 0.104. The third-order valence-electron chi connectivity index (χ3n) is 6.03. The van der Waals surface area contributed by atoms with Crippen LogP contribution >= 0.6 is 12.2 Å². The van der Waals surface area contributed by atoms with Crippen molar-refractivity contribution >= 4 is 34.8 Å². The van der Waals surface area contributed by atoms with Crippen molar-refractivity contribution in [2.45, 2.75) is 38.1 Å². The highest BCUT2D eigenvalue weighted by Crippen LogP contribution is 2.20. The summed E-state index contributed by atoms with van der Waals surface area (Å²) in [4.78, 5) is 25.6. The van der Waals surface area contributed by atoms with Crippen molar-refractivity contribution in [3.63, 3.8) is 0 Å². The first-order chi connectivity index (χ1) is 18.1. The largest absolute Gasteiger partial charge is 0.490 e. The number of nitrogens with one attached hydrogen (secondary N) is 3.